The van der Waals surface area contributed by atoms with Crippen LogP contribution in [0, 0.1) is 12.7 Å². The first-order chi connectivity index (χ1) is 8.63. The van der Waals surface area contributed by atoms with E-state index < -0.39 is 0 Å². The Hall–Kier alpha value is -0.890. The van der Waals surface area contributed by atoms with Crippen molar-refractivity contribution in [3.8, 4) is 0 Å². The van der Waals surface area contributed by atoms with Gasteiger partial charge in [-0.15, -0.1) is 5.10 Å². The van der Waals surface area contributed by atoms with Crippen LogP contribution in [0.4, 0.5) is 4.39 Å². The molecule has 3 N–H and O–H groups in total. The number of aryl methyl sites for hydroxylation is 1. The predicted octanol–water partition coefficient (Wildman–Crippen LogP) is 2.50. The second-order valence-electron chi connectivity index (χ2n) is 3.86. The van der Waals surface area contributed by atoms with E-state index in [1.54, 1.807) is 6.07 Å². The Bertz CT molecular complexity index is 546. The van der Waals surface area contributed by atoms with E-state index in [0.29, 0.717) is 10.9 Å². The van der Waals surface area contributed by atoms with Crippen molar-refractivity contribution in [2.75, 3.05) is 0 Å². The number of hydrazine groups is 1. The number of nitrogens with two attached hydrogens (primary N) is 1. The van der Waals surface area contributed by atoms with Crippen LogP contribution < -0.4 is 11.3 Å². The highest BCUT2D eigenvalue weighted by Crippen LogP contribution is 2.27. The highest BCUT2D eigenvalue weighted by molar-refractivity contribution is 9.10. The summed E-state index contributed by atoms with van der Waals surface area (Å²) in [6.45, 7) is 1.88. The maximum atomic E-state index is 13.4. The molecule has 1 aromatic heterocycles. The largest absolute Gasteiger partial charge is 0.271 e. The fourth-order valence-corrected chi connectivity index (χ4v) is 2.84. The molecular weight excluding hydrogens is 319 g/mol. The Morgan fingerprint density at radius 3 is 2.94 bits per heavy atom. The zero-order chi connectivity index (χ0) is 13.1. The Kier molecular flexibility index (Phi) is 4.39. The molecule has 0 amide bonds. The fourth-order valence-electron chi connectivity index (χ4n) is 1.71. The Morgan fingerprint density at radius 2 is 2.33 bits per heavy atom. The molecule has 0 aliphatic carbocycles. The number of nitrogens with zero attached hydrogens (tertiary/aromatic N) is 2. The van der Waals surface area contributed by atoms with E-state index in [9.17, 15) is 4.39 Å². The van der Waals surface area contributed by atoms with Crippen LogP contribution in [0.1, 0.15) is 22.2 Å². The molecule has 1 heterocycles. The molecule has 4 nitrogen and oxygen atoms in total. The number of hydrogen-bond acceptors (Lipinski definition) is 5. The maximum Gasteiger partial charge on any atom is 0.137 e. The minimum atomic E-state index is -0.276. The summed E-state index contributed by atoms with van der Waals surface area (Å²) in [5, 5.41) is 3.95. The second-order valence-corrected chi connectivity index (χ2v) is 5.44. The summed E-state index contributed by atoms with van der Waals surface area (Å²) in [4.78, 5) is 0.966. The average molecular weight is 331 g/mol. The van der Waals surface area contributed by atoms with Gasteiger partial charge in [0.05, 0.1) is 21.1 Å². The highest BCUT2D eigenvalue weighted by Gasteiger charge is 2.18. The second kappa shape index (κ2) is 5.83. The van der Waals surface area contributed by atoms with E-state index >= 15 is 0 Å². The molecule has 96 valence electrons. The molecule has 0 fully saturated rings. The summed E-state index contributed by atoms with van der Waals surface area (Å²) in [5.74, 6) is 5.29. The third-order valence-corrected chi connectivity index (χ3v) is 4.49. The van der Waals surface area contributed by atoms with Gasteiger partial charge in [-0.05, 0) is 52.4 Å². The van der Waals surface area contributed by atoms with Gasteiger partial charge >= 0.3 is 0 Å². The van der Waals surface area contributed by atoms with Crippen molar-refractivity contribution in [1.82, 2.24) is 15.0 Å². The number of aromatic nitrogens is 2. The lowest BCUT2D eigenvalue weighted by atomic mass is 10.0. The smallest absolute Gasteiger partial charge is 0.137 e. The molecule has 0 aliphatic heterocycles. The first-order valence-corrected chi connectivity index (χ1v) is 6.88. The van der Waals surface area contributed by atoms with Crippen LogP contribution in [0.25, 0.3) is 0 Å². The lowest BCUT2D eigenvalue weighted by Crippen LogP contribution is -2.29. The van der Waals surface area contributed by atoms with Gasteiger partial charge in [-0.3, -0.25) is 11.3 Å². The molecule has 0 aliphatic rings. The lowest BCUT2D eigenvalue weighted by molar-refractivity contribution is 0.551. The summed E-state index contributed by atoms with van der Waals surface area (Å²) in [7, 11) is 0. The van der Waals surface area contributed by atoms with Crippen molar-refractivity contribution >= 4 is 27.5 Å². The van der Waals surface area contributed by atoms with Crippen LogP contribution in [0.5, 0.6) is 0 Å². The average Bonchev–Trinajstić information content (AvgIpc) is 2.77. The predicted molar refractivity (Wildman–Crippen MR) is 72.5 cm³/mol. The van der Waals surface area contributed by atoms with Crippen LogP contribution in [-0.4, -0.2) is 9.59 Å². The Labute approximate surface area is 117 Å². The molecule has 2 aromatic rings. The topological polar surface area (TPSA) is 63.8 Å². The number of hydrogen-bond donors (Lipinski definition) is 2. The highest BCUT2D eigenvalue weighted by atomic mass is 79.9. The molecular formula is C11H12BrFN4S. The van der Waals surface area contributed by atoms with E-state index in [4.69, 9.17) is 5.84 Å². The van der Waals surface area contributed by atoms with Gasteiger partial charge in [0, 0.05) is 0 Å². The normalized spacial score (nSPS) is 12.7. The zero-order valence-corrected chi connectivity index (χ0v) is 12.1. The summed E-state index contributed by atoms with van der Waals surface area (Å²) >= 11 is 4.55. The quantitative estimate of drug-likeness (QED) is 0.667. The van der Waals surface area contributed by atoms with Crippen molar-refractivity contribution in [3.63, 3.8) is 0 Å². The molecule has 0 radical (unpaired) electrons. The third-order valence-electron chi connectivity index (χ3n) is 2.66. The first kappa shape index (κ1) is 13.5. The van der Waals surface area contributed by atoms with Gasteiger partial charge in [-0.2, -0.15) is 0 Å². The minimum Gasteiger partial charge on any atom is -0.271 e. The Balaban J connectivity index is 2.26. The molecule has 7 heteroatoms. The van der Waals surface area contributed by atoms with Gasteiger partial charge in [-0.25, -0.2) is 4.39 Å². The zero-order valence-electron chi connectivity index (χ0n) is 9.65. The molecule has 18 heavy (non-hydrogen) atoms. The van der Waals surface area contributed by atoms with E-state index in [2.05, 4.69) is 30.9 Å². The van der Waals surface area contributed by atoms with Crippen molar-refractivity contribution < 1.29 is 4.39 Å². The van der Waals surface area contributed by atoms with Crippen LogP contribution in [0.2, 0.25) is 0 Å². The number of benzene rings is 1. The SMILES string of the molecule is Cc1nnsc1C(Cc1cccc(F)c1Br)NN. The monoisotopic (exact) mass is 330 g/mol. The molecule has 0 saturated carbocycles. The molecule has 1 atom stereocenters. The van der Waals surface area contributed by atoms with E-state index in [1.807, 2.05) is 13.0 Å². The van der Waals surface area contributed by atoms with E-state index in [-0.39, 0.29) is 11.9 Å². The number of halogens is 2. The van der Waals surface area contributed by atoms with Crippen LogP contribution in [0.3, 0.4) is 0 Å². The lowest BCUT2D eigenvalue weighted by Gasteiger charge is -2.15. The van der Waals surface area contributed by atoms with Gasteiger partial charge in [0.25, 0.3) is 0 Å². The number of rotatable bonds is 4. The van der Waals surface area contributed by atoms with Crippen LogP contribution >= 0.6 is 27.5 Å². The van der Waals surface area contributed by atoms with Crippen LogP contribution in [-0.2, 0) is 6.42 Å². The molecule has 1 aromatic carbocycles. The minimum absolute atomic E-state index is 0.122. The first-order valence-electron chi connectivity index (χ1n) is 5.31. The standard InChI is InChI=1S/C11H12BrFN4S/c1-6-11(18-17-16-6)9(15-14)5-7-3-2-4-8(13)10(7)12/h2-4,9,15H,5,14H2,1H3. The van der Waals surface area contributed by atoms with Crippen molar-refractivity contribution in [2.45, 2.75) is 19.4 Å². The van der Waals surface area contributed by atoms with Crippen LogP contribution in [0.15, 0.2) is 22.7 Å². The Morgan fingerprint density at radius 1 is 1.56 bits per heavy atom. The van der Waals surface area contributed by atoms with Gasteiger partial charge in [0.2, 0.25) is 0 Å². The third kappa shape index (κ3) is 2.74. The van der Waals surface area contributed by atoms with Gasteiger partial charge in [-0.1, -0.05) is 16.6 Å². The molecule has 0 spiro atoms. The van der Waals surface area contributed by atoms with Gasteiger partial charge < -0.3 is 0 Å². The van der Waals surface area contributed by atoms with Crippen molar-refractivity contribution in [2.24, 2.45) is 5.84 Å². The molecule has 0 bridgehead atoms. The van der Waals surface area contributed by atoms with Gasteiger partial charge in [0.1, 0.15) is 5.82 Å². The number of nitrogens with one attached hydrogen (secondary N) is 1. The summed E-state index contributed by atoms with van der Waals surface area (Å²) in [6, 6.07) is 4.84. The molecule has 1 unspecified atom stereocenters. The maximum absolute atomic E-state index is 13.4. The van der Waals surface area contributed by atoms with Gasteiger partial charge in [0.15, 0.2) is 0 Å². The molecule has 2 rings (SSSR count). The van der Waals surface area contributed by atoms with E-state index in [0.717, 1.165) is 16.1 Å². The summed E-state index contributed by atoms with van der Waals surface area (Å²) in [6.07, 6.45) is 0.569. The van der Waals surface area contributed by atoms with E-state index in [1.165, 1.54) is 17.6 Å². The van der Waals surface area contributed by atoms with Crippen molar-refractivity contribution in [3.05, 3.63) is 44.6 Å². The summed E-state index contributed by atoms with van der Waals surface area (Å²) in [5.41, 5.74) is 4.42. The fraction of sp³-hybridized carbons (Fsp3) is 0.273. The van der Waals surface area contributed by atoms with Crippen molar-refractivity contribution in [1.29, 1.82) is 0 Å². The molecule has 0 saturated heterocycles. The summed E-state index contributed by atoms with van der Waals surface area (Å²) < 4.78 is 17.8.